The summed E-state index contributed by atoms with van der Waals surface area (Å²) in [6.07, 6.45) is -2.71. The number of carbonyl (C=O) groups excluding carboxylic acids is 3. The van der Waals surface area contributed by atoms with Gasteiger partial charge in [0.05, 0.1) is 49.8 Å². The molecule has 3 aliphatic heterocycles. The quantitative estimate of drug-likeness (QED) is 0.340. The van der Waals surface area contributed by atoms with Crippen LogP contribution >= 0.6 is 0 Å². The third-order valence-corrected chi connectivity index (χ3v) is 10.5. The van der Waals surface area contributed by atoms with Crippen LogP contribution in [0.3, 0.4) is 0 Å². The SMILES string of the molecule is CC[C@H]1OC(=O)/C(C)=C\[C@H](C)[C@@H](O[C@@H]2O[C@H](C)C[C@H](N(C)C)[C@H]2OC(C)=O)[C@@]2(C)C[C@@H](C)C(=NC(C)=O)[C@H](C)[C@H](OCC(O)(CO)CO2)[C@]1(C)O. The van der Waals surface area contributed by atoms with Gasteiger partial charge < -0.3 is 48.6 Å². The maximum Gasteiger partial charge on any atom is 0.333 e. The van der Waals surface area contributed by atoms with Crippen molar-refractivity contribution < 1.29 is 58.1 Å². The Morgan fingerprint density at radius 3 is 2.29 bits per heavy atom. The number of hydrogen-bond donors (Lipinski definition) is 3. The Morgan fingerprint density at radius 2 is 1.75 bits per heavy atom. The molecule has 0 saturated carbocycles. The summed E-state index contributed by atoms with van der Waals surface area (Å²) < 4.78 is 38.0. The zero-order valence-corrected chi connectivity index (χ0v) is 32.5. The zero-order chi connectivity index (χ0) is 38.6. The third kappa shape index (κ3) is 10.2. The number of carbonyl (C=O) groups is 3. The monoisotopic (exact) mass is 726 g/mol. The molecule has 2 bridgehead atoms. The summed E-state index contributed by atoms with van der Waals surface area (Å²) in [5, 5.41) is 34.3. The molecule has 2 fully saturated rings. The number of rotatable bonds is 6. The van der Waals surface area contributed by atoms with Gasteiger partial charge in [0.2, 0.25) is 5.91 Å². The molecule has 3 aliphatic rings. The number of esters is 2. The molecular formula is C37H62N2O12. The number of cyclic esters (lactones) is 1. The Bertz CT molecular complexity index is 1300. The standard InChI is InChI=1S/C37H62N2O12/c1-13-28-36(10,44)32-24(6)29(38-25(7)41)22(4)16-35(9,47-19-37(45,17-40)18-46-32)31(20(2)14-21(3)33(43)50-28)51-34-30(49-26(8)42)27(39(11)12)15-23(5)48-34/h14,20,22-24,27-28,30-32,34,40,44-45H,13,15-19H2,1-12H3/b21-14-,38-29?/t20-,22+,23+,24-,27-,28+,30+,31+,32-,34-,35+,36+,37?/m0/s1. The van der Waals surface area contributed by atoms with Gasteiger partial charge in [-0.2, -0.15) is 0 Å². The van der Waals surface area contributed by atoms with Crippen molar-refractivity contribution >= 4 is 23.6 Å². The molecule has 292 valence electrons. The Kier molecular flexibility index (Phi) is 14.6. The van der Waals surface area contributed by atoms with E-state index in [-0.39, 0.29) is 30.6 Å². The first-order valence-corrected chi connectivity index (χ1v) is 18.0. The van der Waals surface area contributed by atoms with Crippen LogP contribution in [0.1, 0.15) is 88.5 Å². The number of ether oxygens (including phenoxy) is 6. The van der Waals surface area contributed by atoms with Gasteiger partial charge in [0.1, 0.15) is 17.3 Å². The maximum atomic E-state index is 13.7. The van der Waals surface area contributed by atoms with E-state index < -0.39 is 103 Å². The average Bonchev–Trinajstić information content (AvgIpc) is 3.04. The number of amides is 1. The number of aliphatic hydroxyl groups excluding tert-OH is 1. The molecule has 2 saturated heterocycles. The molecule has 0 aromatic heterocycles. The van der Waals surface area contributed by atoms with E-state index in [2.05, 4.69) is 4.99 Å². The second-order valence-electron chi connectivity index (χ2n) is 15.6. The predicted molar refractivity (Wildman–Crippen MR) is 188 cm³/mol. The second kappa shape index (κ2) is 17.2. The molecule has 3 rings (SSSR count). The lowest BCUT2D eigenvalue weighted by molar-refractivity contribution is -0.302. The summed E-state index contributed by atoms with van der Waals surface area (Å²) in [5.74, 6) is -3.48. The summed E-state index contributed by atoms with van der Waals surface area (Å²) in [6.45, 7) is 15.1. The van der Waals surface area contributed by atoms with E-state index in [0.717, 1.165) is 0 Å². The van der Waals surface area contributed by atoms with Crippen molar-refractivity contribution in [3.63, 3.8) is 0 Å². The minimum atomic E-state index is -1.94. The van der Waals surface area contributed by atoms with E-state index in [0.29, 0.717) is 12.1 Å². The van der Waals surface area contributed by atoms with Crippen LogP contribution in [0.5, 0.6) is 0 Å². The van der Waals surface area contributed by atoms with Gasteiger partial charge >= 0.3 is 11.9 Å². The Labute approximate surface area is 302 Å². The molecule has 3 heterocycles. The highest BCUT2D eigenvalue weighted by Crippen LogP contribution is 2.40. The molecule has 0 spiro atoms. The first-order valence-electron chi connectivity index (χ1n) is 18.0. The fraction of sp³-hybridized carbons (Fsp3) is 0.838. The van der Waals surface area contributed by atoms with E-state index >= 15 is 0 Å². The van der Waals surface area contributed by atoms with Crippen molar-refractivity contribution in [2.45, 2.75) is 148 Å². The van der Waals surface area contributed by atoms with Gasteiger partial charge in [-0.1, -0.05) is 33.8 Å². The van der Waals surface area contributed by atoms with Gasteiger partial charge in [-0.05, 0) is 67.0 Å². The first-order chi connectivity index (χ1) is 23.6. The van der Waals surface area contributed by atoms with Gasteiger partial charge in [0.15, 0.2) is 12.4 Å². The van der Waals surface area contributed by atoms with Crippen LogP contribution in [0.2, 0.25) is 0 Å². The van der Waals surface area contributed by atoms with Crippen molar-refractivity contribution in [2.24, 2.45) is 22.7 Å². The average molecular weight is 727 g/mol. The molecule has 1 amide bonds. The van der Waals surface area contributed by atoms with Crippen molar-refractivity contribution in [3.8, 4) is 0 Å². The highest BCUT2D eigenvalue weighted by atomic mass is 16.7. The van der Waals surface area contributed by atoms with E-state index in [9.17, 15) is 29.7 Å². The van der Waals surface area contributed by atoms with Crippen LogP contribution in [0.4, 0.5) is 0 Å². The molecular weight excluding hydrogens is 664 g/mol. The summed E-state index contributed by atoms with van der Waals surface area (Å²) in [5.41, 5.74) is -4.45. The van der Waals surface area contributed by atoms with Gasteiger partial charge in [-0.3, -0.25) is 9.59 Å². The molecule has 14 heteroatoms. The second-order valence-corrected chi connectivity index (χ2v) is 15.6. The largest absolute Gasteiger partial charge is 0.456 e. The van der Waals surface area contributed by atoms with Crippen molar-refractivity contribution in [1.82, 2.24) is 4.90 Å². The topological polar surface area (TPSA) is 183 Å². The molecule has 1 unspecified atom stereocenters. The van der Waals surface area contributed by atoms with E-state index in [1.54, 1.807) is 33.8 Å². The highest BCUT2D eigenvalue weighted by molar-refractivity contribution is 5.98. The van der Waals surface area contributed by atoms with E-state index in [1.165, 1.54) is 20.8 Å². The number of aliphatic hydroxyl groups is 3. The van der Waals surface area contributed by atoms with E-state index in [4.69, 9.17) is 28.4 Å². The van der Waals surface area contributed by atoms with Crippen LogP contribution in [-0.4, -0.2) is 137 Å². The zero-order valence-electron chi connectivity index (χ0n) is 32.5. The fourth-order valence-electron chi connectivity index (χ4n) is 7.96. The molecule has 0 aromatic rings. The summed E-state index contributed by atoms with van der Waals surface area (Å²) >= 11 is 0. The number of fused-ring (bicyclic) bond motifs is 5. The normalized spacial score (nSPS) is 43.6. The van der Waals surface area contributed by atoms with Crippen LogP contribution in [0, 0.1) is 17.8 Å². The summed E-state index contributed by atoms with van der Waals surface area (Å²) in [7, 11) is 3.77. The van der Waals surface area contributed by atoms with Gasteiger partial charge in [-0.15, -0.1) is 0 Å². The van der Waals surface area contributed by atoms with Crippen molar-refractivity contribution in [3.05, 3.63) is 11.6 Å². The number of nitrogens with zero attached hydrogens (tertiary/aromatic N) is 2. The molecule has 0 aromatic carbocycles. The summed E-state index contributed by atoms with van der Waals surface area (Å²) in [6, 6.07) is -0.258. The lowest BCUT2D eigenvalue weighted by Gasteiger charge is -2.48. The van der Waals surface area contributed by atoms with Crippen LogP contribution < -0.4 is 0 Å². The summed E-state index contributed by atoms with van der Waals surface area (Å²) in [4.78, 5) is 45.1. The molecule has 13 atom stereocenters. The smallest absolute Gasteiger partial charge is 0.333 e. The Morgan fingerprint density at radius 1 is 1.10 bits per heavy atom. The molecule has 14 nitrogen and oxygen atoms in total. The van der Waals surface area contributed by atoms with E-state index in [1.807, 2.05) is 39.8 Å². The molecule has 3 N–H and O–H groups in total. The lowest BCUT2D eigenvalue weighted by Crippen LogP contribution is -2.60. The van der Waals surface area contributed by atoms with Crippen molar-refractivity contribution in [2.75, 3.05) is 33.9 Å². The number of aliphatic imine (C=N–C) groups is 1. The van der Waals surface area contributed by atoms with Crippen LogP contribution in [0.25, 0.3) is 0 Å². The highest BCUT2D eigenvalue weighted by Gasteiger charge is 2.52. The fourth-order valence-corrected chi connectivity index (χ4v) is 7.96. The Balaban J connectivity index is 2.37. The van der Waals surface area contributed by atoms with Gasteiger partial charge in [0.25, 0.3) is 0 Å². The van der Waals surface area contributed by atoms with Crippen LogP contribution in [0.15, 0.2) is 16.6 Å². The maximum absolute atomic E-state index is 13.7. The predicted octanol–water partition coefficient (Wildman–Crippen LogP) is 2.58. The van der Waals surface area contributed by atoms with Gasteiger partial charge in [0, 0.05) is 37.0 Å². The van der Waals surface area contributed by atoms with Gasteiger partial charge in [-0.25, -0.2) is 9.79 Å². The lowest BCUT2D eigenvalue weighted by atomic mass is 9.74. The number of likely N-dealkylation sites (N-methyl/N-ethyl adjacent to an activating group) is 1. The number of hydrogen-bond acceptors (Lipinski definition) is 13. The first kappa shape index (κ1) is 43.1. The minimum absolute atomic E-state index is 0.168. The molecule has 0 radical (unpaired) electrons. The van der Waals surface area contributed by atoms with Crippen LogP contribution in [-0.2, 0) is 42.8 Å². The molecule has 51 heavy (non-hydrogen) atoms. The van der Waals surface area contributed by atoms with Crippen molar-refractivity contribution in [1.29, 1.82) is 0 Å². The Hall–Kier alpha value is -2.30. The minimum Gasteiger partial charge on any atom is -0.456 e. The molecule has 0 aliphatic carbocycles. The third-order valence-electron chi connectivity index (χ3n) is 10.5.